The SMILES string of the molecule is CCOC(=O)c1ccc(B(O)O)c(C(=O)OCC)c1. The van der Waals surface area contributed by atoms with Crippen molar-refractivity contribution in [3.63, 3.8) is 0 Å². The van der Waals surface area contributed by atoms with Gasteiger partial charge in [-0.2, -0.15) is 0 Å². The highest BCUT2D eigenvalue weighted by molar-refractivity contribution is 6.60. The molecular weight excluding hydrogens is 251 g/mol. The molecule has 1 aromatic rings. The van der Waals surface area contributed by atoms with E-state index in [1.165, 1.54) is 18.2 Å². The molecule has 0 atom stereocenters. The number of ether oxygens (including phenoxy) is 2. The second-order valence-electron chi connectivity index (χ2n) is 3.62. The molecule has 0 saturated heterocycles. The summed E-state index contributed by atoms with van der Waals surface area (Å²) in [5, 5.41) is 18.4. The van der Waals surface area contributed by atoms with E-state index in [0.29, 0.717) is 0 Å². The van der Waals surface area contributed by atoms with E-state index in [9.17, 15) is 19.6 Å². The number of carbonyl (C=O) groups is 2. The minimum absolute atomic E-state index is 0.0218. The highest BCUT2D eigenvalue weighted by Crippen LogP contribution is 2.07. The largest absolute Gasteiger partial charge is 0.489 e. The first-order valence-electron chi connectivity index (χ1n) is 5.85. The molecule has 0 aliphatic heterocycles. The molecular formula is C12H15BO6. The van der Waals surface area contributed by atoms with Gasteiger partial charge in [-0.05, 0) is 31.4 Å². The maximum absolute atomic E-state index is 11.7. The lowest BCUT2D eigenvalue weighted by Gasteiger charge is -2.10. The van der Waals surface area contributed by atoms with E-state index in [0.717, 1.165) is 0 Å². The van der Waals surface area contributed by atoms with Crippen LogP contribution in [0.15, 0.2) is 18.2 Å². The Kier molecular flexibility index (Phi) is 5.53. The van der Waals surface area contributed by atoms with E-state index in [1.54, 1.807) is 13.8 Å². The van der Waals surface area contributed by atoms with Gasteiger partial charge in [0.05, 0.1) is 24.3 Å². The fourth-order valence-corrected chi connectivity index (χ4v) is 1.51. The molecule has 1 rings (SSSR count). The molecule has 0 bridgehead atoms. The number of hydrogen-bond acceptors (Lipinski definition) is 6. The summed E-state index contributed by atoms with van der Waals surface area (Å²) in [4.78, 5) is 23.3. The predicted molar refractivity (Wildman–Crippen MR) is 68.2 cm³/mol. The Morgan fingerprint density at radius 2 is 1.68 bits per heavy atom. The fourth-order valence-electron chi connectivity index (χ4n) is 1.51. The molecule has 0 amide bonds. The third-order valence-corrected chi connectivity index (χ3v) is 2.34. The van der Waals surface area contributed by atoms with Crippen molar-refractivity contribution in [1.82, 2.24) is 0 Å². The second kappa shape index (κ2) is 6.91. The molecule has 0 aliphatic rings. The summed E-state index contributed by atoms with van der Waals surface area (Å²) in [5.41, 5.74) is 0.0585. The zero-order valence-electron chi connectivity index (χ0n) is 10.8. The van der Waals surface area contributed by atoms with Crippen LogP contribution in [0.1, 0.15) is 34.6 Å². The zero-order chi connectivity index (χ0) is 14.4. The topological polar surface area (TPSA) is 93.1 Å². The summed E-state index contributed by atoms with van der Waals surface area (Å²) in [7, 11) is -1.82. The molecule has 1 aromatic carbocycles. The molecule has 7 heteroatoms. The molecule has 0 aromatic heterocycles. The van der Waals surface area contributed by atoms with Gasteiger partial charge in [0, 0.05) is 0 Å². The molecule has 0 heterocycles. The molecule has 0 fully saturated rings. The summed E-state index contributed by atoms with van der Waals surface area (Å²) in [6.45, 7) is 3.64. The maximum atomic E-state index is 11.7. The molecule has 102 valence electrons. The van der Waals surface area contributed by atoms with Gasteiger partial charge in [-0.1, -0.05) is 6.07 Å². The Morgan fingerprint density at radius 3 is 2.21 bits per heavy atom. The van der Waals surface area contributed by atoms with Crippen molar-refractivity contribution in [2.75, 3.05) is 13.2 Å². The summed E-state index contributed by atoms with van der Waals surface area (Å²) in [6.07, 6.45) is 0. The Labute approximate surface area is 111 Å². The predicted octanol–water partition coefficient (Wildman–Crippen LogP) is -0.280. The Bertz CT molecular complexity index is 471. The average molecular weight is 266 g/mol. The number of benzene rings is 1. The monoisotopic (exact) mass is 266 g/mol. The molecule has 0 unspecified atom stereocenters. The van der Waals surface area contributed by atoms with E-state index in [1.807, 2.05) is 0 Å². The summed E-state index contributed by atoms with van der Waals surface area (Å²) in [5.74, 6) is -1.32. The van der Waals surface area contributed by atoms with Gasteiger partial charge in [0.2, 0.25) is 0 Å². The summed E-state index contributed by atoms with van der Waals surface area (Å²) < 4.78 is 9.61. The number of hydrogen-bond donors (Lipinski definition) is 2. The van der Waals surface area contributed by atoms with Crippen LogP contribution in [-0.2, 0) is 9.47 Å². The van der Waals surface area contributed by atoms with E-state index < -0.39 is 19.1 Å². The van der Waals surface area contributed by atoms with Crippen LogP contribution in [0, 0.1) is 0 Å². The lowest BCUT2D eigenvalue weighted by molar-refractivity contribution is 0.0525. The molecule has 0 saturated carbocycles. The van der Waals surface area contributed by atoms with Gasteiger partial charge >= 0.3 is 19.1 Å². The second-order valence-corrected chi connectivity index (χ2v) is 3.62. The van der Waals surface area contributed by atoms with Crippen LogP contribution in [0.2, 0.25) is 0 Å². The van der Waals surface area contributed by atoms with Crippen LogP contribution in [0.25, 0.3) is 0 Å². The van der Waals surface area contributed by atoms with Crippen molar-refractivity contribution in [3.8, 4) is 0 Å². The van der Waals surface area contributed by atoms with Crippen LogP contribution < -0.4 is 5.46 Å². The minimum Gasteiger partial charge on any atom is -0.462 e. The minimum atomic E-state index is -1.82. The Balaban J connectivity index is 3.18. The normalized spacial score (nSPS) is 9.89. The standard InChI is InChI=1S/C12H15BO6/c1-3-18-11(14)8-5-6-10(13(16)17)9(7-8)12(15)19-4-2/h5-7,16-17H,3-4H2,1-2H3. The van der Waals surface area contributed by atoms with Crippen molar-refractivity contribution in [1.29, 1.82) is 0 Å². The Hall–Kier alpha value is -1.86. The number of rotatable bonds is 5. The van der Waals surface area contributed by atoms with E-state index in [-0.39, 0.29) is 29.8 Å². The van der Waals surface area contributed by atoms with Crippen molar-refractivity contribution < 1.29 is 29.1 Å². The number of carbonyl (C=O) groups excluding carboxylic acids is 2. The van der Waals surface area contributed by atoms with Gasteiger partial charge in [-0.25, -0.2) is 9.59 Å². The smallest absolute Gasteiger partial charge is 0.462 e. The van der Waals surface area contributed by atoms with Gasteiger partial charge in [0.15, 0.2) is 0 Å². The third kappa shape index (κ3) is 3.80. The molecule has 0 spiro atoms. The highest BCUT2D eigenvalue weighted by atomic mass is 16.5. The van der Waals surface area contributed by atoms with Gasteiger partial charge in [0.25, 0.3) is 0 Å². The number of esters is 2. The molecule has 19 heavy (non-hydrogen) atoms. The molecule has 0 aliphatic carbocycles. The van der Waals surface area contributed by atoms with Crippen molar-refractivity contribution in [2.24, 2.45) is 0 Å². The van der Waals surface area contributed by atoms with Crippen LogP contribution in [0.5, 0.6) is 0 Å². The first kappa shape index (κ1) is 15.2. The zero-order valence-corrected chi connectivity index (χ0v) is 10.8. The van der Waals surface area contributed by atoms with Crippen LogP contribution in [0.4, 0.5) is 0 Å². The highest BCUT2D eigenvalue weighted by Gasteiger charge is 2.23. The lowest BCUT2D eigenvalue weighted by atomic mass is 9.76. The van der Waals surface area contributed by atoms with Crippen LogP contribution >= 0.6 is 0 Å². The third-order valence-electron chi connectivity index (χ3n) is 2.34. The van der Waals surface area contributed by atoms with Gasteiger partial charge in [0.1, 0.15) is 0 Å². The molecule has 6 nitrogen and oxygen atoms in total. The summed E-state index contributed by atoms with van der Waals surface area (Å²) in [6, 6.07) is 3.86. The first-order valence-corrected chi connectivity index (χ1v) is 5.85. The van der Waals surface area contributed by atoms with Crippen LogP contribution in [0.3, 0.4) is 0 Å². The quantitative estimate of drug-likeness (QED) is 0.562. The maximum Gasteiger partial charge on any atom is 0.489 e. The van der Waals surface area contributed by atoms with Gasteiger partial charge < -0.3 is 19.5 Å². The van der Waals surface area contributed by atoms with Crippen molar-refractivity contribution in [2.45, 2.75) is 13.8 Å². The van der Waals surface area contributed by atoms with E-state index >= 15 is 0 Å². The van der Waals surface area contributed by atoms with E-state index in [2.05, 4.69) is 0 Å². The van der Waals surface area contributed by atoms with Crippen molar-refractivity contribution in [3.05, 3.63) is 29.3 Å². The van der Waals surface area contributed by atoms with E-state index in [4.69, 9.17) is 9.47 Å². The average Bonchev–Trinajstić information content (AvgIpc) is 2.38. The first-order chi connectivity index (χ1) is 9.01. The molecule has 2 N–H and O–H groups in total. The molecule has 0 radical (unpaired) electrons. The Morgan fingerprint density at radius 1 is 1.11 bits per heavy atom. The van der Waals surface area contributed by atoms with Gasteiger partial charge in [-0.3, -0.25) is 0 Å². The van der Waals surface area contributed by atoms with Gasteiger partial charge in [-0.15, -0.1) is 0 Å². The van der Waals surface area contributed by atoms with Crippen molar-refractivity contribution >= 4 is 24.5 Å². The summed E-state index contributed by atoms with van der Waals surface area (Å²) >= 11 is 0. The lowest BCUT2D eigenvalue weighted by Crippen LogP contribution is -2.35. The fraction of sp³-hybridized carbons (Fsp3) is 0.333. The van der Waals surface area contributed by atoms with Crippen LogP contribution in [-0.4, -0.2) is 42.3 Å².